The number of aromatic nitrogens is 2. The number of alkyl carbamates (subject to hydrolysis) is 1. The first-order valence-corrected chi connectivity index (χ1v) is 15.3. The topological polar surface area (TPSA) is 134 Å². The fourth-order valence-electron chi connectivity index (χ4n) is 5.56. The lowest BCUT2D eigenvalue weighted by Crippen LogP contribution is -2.58. The average molecular weight is 646 g/mol. The number of imidazole rings is 1. The van der Waals surface area contributed by atoms with Crippen molar-refractivity contribution in [2.75, 3.05) is 27.4 Å². The zero-order valence-electron chi connectivity index (χ0n) is 27.4. The summed E-state index contributed by atoms with van der Waals surface area (Å²) in [6.45, 7) is 13.5. The maximum atomic E-state index is 15.2. The number of hydrogen-bond acceptors (Lipinski definition) is 6. The van der Waals surface area contributed by atoms with Gasteiger partial charge in [0.25, 0.3) is 0 Å². The quantitative estimate of drug-likeness (QED) is 0.198. The fraction of sp³-hybridized carbons (Fsp3) is 0.515. The number of fused-ring (bicyclic) bond motifs is 1. The Morgan fingerprint density at radius 3 is 2.31 bits per heavy atom. The fourth-order valence-corrected chi connectivity index (χ4v) is 5.85. The van der Waals surface area contributed by atoms with E-state index in [1.807, 2.05) is 41.5 Å². The van der Waals surface area contributed by atoms with Gasteiger partial charge in [0.2, 0.25) is 11.8 Å². The summed E-state index contributed by atoms with van der Waals surface area (Å²) in [6.07, 6.45) is -0.718. The Morgan fingerprint density at radius 2 is 1.76 bits per heavy atom. The number of carbonyl (C=O) groups is 3. The molecule has 3 rings (SSSR count). The zero-order valence-corrected chi connectivity index (χ0v) is 28.2. The van der Waals surface area contributed by atoms with Gasteiger partial charge in [-0.3, -0.25) is 9.59 Å². The molecule has 0 bridgehead atoms. The van der Waals surface area contributed by atoms with Gasteiger partial charge in [0.15, 0.2) is 0 Å². The summed E-state index contributed by atoms with van der Waals surface area (Å²) in [6, 6.07) is 8.15. The van der Waals surface area contributed by atoms with E-state index >= 15 is 4.39 Å². The number of rotatable bonds is 12. The first-order chi connectivity index (χ1) is 21.1. The van der Waals surface area contributed by atoms with Crippen molar-refractivity contribution in [2.24, 2.45) is 11.3 Å². The molecule has 3 amide bonds. The molecule has 0 radical (unpaired) electrons. The molecule has 1 aromatic heterocycles. The Balaban J connectivity index is 2.11. The summed E-state index contributed by atoms with van der Waals surface area (Å²) < 4.78 is 25.6. The maximum absolute atomic E-state index is 15.2. The maximum Gasteiger partial charge on any atom is 0.407 e. The number of carbonyl (C=O) groups excluding carboxylic acids is 3. The van der Waals surface area contributed by atoms with Gasteiger partial charge in [0, 0.05) is 30.2 Å². The van der Waals surface area contributed by atoms with Gasteiger partial charge in [-0.2, -0.15) is 0 Å². The molecule has 4 N–H and O–H groups in total. The lowest BCUT2D eigenvalue weighted by atomic mass is 9.80. The number of methoxy groups -OCH3 is 2. The minimum absolute atomic E-state index is 0.0331. The lowest BCUT2D eigenvalue weighted by molar-refractivity contribution is -0.135. The van der Waals surface area contributed by atoms with Crippen molar-refractivity contribution in [1.29, 1.82) is 0 Å². The van der Waals surface area contributed by atoms with Crippen LogP contribution in [0.4, 0.5) is 9.18 Å². The standard InChI is InChI=1S/C33H45ClFN5O5/c1-10-36-29(41)27(32(4,5)6)40-30(42)33(7,17-44-8)19-14-15-22-23(16-19)38-28(37-22)26(39-31(43)45-9)24(18(2)3)25-20(34)12-11-13-21(25)35/h11-16,18,24,26-27H,10,17H2,1-9H3,(H,36,41)(H,37,38)(H,39,43)(H,40,42)/t24-,26-,27-,33?/m0/s1. The van der Waals surface area contributed by atoms with Crippen molar-refractivity contribution >= 4 is 40.5 Å². The van der Waals surface area contributed by atoms with E-state index in [-0.39, 0.29) is 34.9 Å². The number of halogens is 2. The van der Waals surface area contributed by atoms with Gasteiger partial charge in [-0.15, -0.1) is 0 Å². The summed E-state index contributed by atoms with van der Waals surface area (Å²) in [4.78, 5) is 47.4. The van der Waals surface area contributed by atoms with Gasteiger partial charge in [0.05, 0.1) is 36.2 Å². The van der Waals surface area contributed by atoms with E-state index < -0.39 is 40.7 Å². The molecule has 4 atom stereocenters. The second-order valence-corrected chi connectivity index (χ2v) is 13.2. The van der Waals surface area contributed by atoms with Crippen LogP contribution in [0.5, 0.6) is 0 Å². The summed E-state index contributed by atoms with van der Waals surface area (Å²) >= 11 is 6.49. The van der Waals surface area contributed by atoms with E-state index in [0.717, 1.165) is 0 Å². The molecule has 246 valence electrons. The molecule has 0 aliphatic rings. The Bertz CT molecular complexity index is 1500. The molecule has 0 spiro atoms. The number of nitrogens with one attached hydrogen (secondary N) is 4. The SMILES string of the molecule is CCNC(=O)[C@H](NC(=O)C(C)(COC)c1ccc2nc([C@@H](NC(=O)OC)[C@H](c3c(F)cccc3Cl)C(C)C)[nH]c2c1)C(C)(C)C. The number of aromatic amines is 1. The molecule has 0 aliphatic carbocycles. The molecule has 1 heterocycles. The van der Waals surface area contributed by atoms with Crippen molar-refractivity contribution in [3.8, 4) is 0 Å². The van der Waals surface area contributed by atoms with Crippen LogP contribution in [0.3, 0.4) is 0 Å². The van der Waals surface area contributed by atoms with Crippen LogP contribution in [-0.4, -0.2) is 61.3 Å². The third kappa shape index (κ3) is 7.94. The normalized spacial score (nSPS) is 15.2. The van der Waals surface area contributed by atoms with Crippen LogP contribution < -0.4 is 16.0 Å². The molecule has 2 aromatic carbocycles. The predicted molar refractivity (Wildman–Crippen MR) is 173 cm³/mol. The number of amides is 3. The van der Waals surface area contributed by atoms with Crippen LogP contribution in [0.15, 0.2) is 36.4 Å². The largest absolute Gasteiger partial charge is 0.453 e. The third-order valence-corrected chi connectivity index (χ3v) is 8.32. The number of ether oxygens (including phenoxy) is 2. The molecule has 3 aromatic rings. The van der Waals surface area contributed by atoms with Gasteiger partial charge >= 0.3 is 6.09 Å². The molecule has 0 fully saturated rings. The number of likely N-dealkylation sites (N-methyl/N-ethyl adjacent to an activating group) is 1. The molecular formula is C33H45ClFN5O5. The van der Waals surface area contributed by atoms with Gasteiger partial charge < -0.3 is 30.4 Å². The van der Waals surface area contributed by atoms with Gasteiger partial charge in [0.1, 0.15) is 17.7 Å². The first kappa shape index (κ1) is 35.8. The van der Waals surface area contributed by atoms with E-state index in [1.165, 1.54) is 26.4 Å². The van der Waals surface area contributed by atoms with Crippen molar-refractivity contribution in [3.05, 3.63) is 64.2 Å². The highest BCUT2D eigenvalue weighted by molar-refractivity contribution is 6.31. The third-order valence-electron chi connectivity index (χ3n) is 7.99. The summed E-state index contributed by atoms with van der Waals surface area (Å²) in [5.41, 5.74) is 0.260. The monoisotopic (exact) mass is 645 g/mol. The van der Waals surface area contributed by atoms with E-state index in [2.05, 4.69) is 20.9 Å². The number of H-pyrrole nitrogens is 1. The Morgan fingerprint density at radius 1 is 1.07 bits per heavy atom. The van der Waals surface area contributed by atoms with Gasteiger partial charge in [-0.1, -0.05) is 58.4 Å². The second-order valence-electron chi connectivity index (χ2n) is 12.8. The van der Waals surface area contributed by atoms with Crippen LogP contribution in [0.1, 0.15) is 77.4 Å². The highest BCUT2D eigenvalue weighted by atomic mass is 35.5. The molecule has 0 aliphatic heterocycles. The number of nitrogens with zero attached hydrogens (tertiary/aromatic N) is 1. The van der Waals surface area contributed by atoms with Crippen LogP contribution in [0.2, 0.25) is 5.02 Å². The van der Waals surface area contributed by atoms with Crippen molar-refractivity contribution in [1.82, 2.24) is 25.9 Å². The van der Waals surface area contributed by atoms with E-state index in [1.54, 1.807) is 31.2 Å². The molecule has 12 heteroatoms. The Labute approximate surface area is 269 Å². The molecular weight excluding hydrogens is 601 g/mol. The van der Waals surface area contributed by atoms with Gasteiger partial charge in [-0.05, 0) is 55.0 Å². The summed E-state index contributed by atoms with van der Waals surface area (Å²) in [5.74, 6) is -1.60. The minimum atomic E-state index is -1.19. The van der Waals surface area contributed by atoms with Crippen LogP contribution >= 0.6 is 11.6 Å². The number of hydrogen-bond donors (Lipinski definition) is 4. The lowest BCUT2D eigenvalue weighted by Gasteiger charge is -2.35. The Kier molecular flexibility index (Phi) is 11.6. The smallest absolute Gasteiger partial charge is 0.407 e. The second kappa shape index (κ2) is 14.6. The molecule has 45 heavy (non-hydrogen) atoms. The van der Waals surface area contributed by atoms with Crippen molar-refractivity contribution in [2.45, 2.75) is 71.9 Å². The predicted octanol–water partition coefficient (Wildman–Crippen LogP) is 5.76. The molecule has 0 saturated heterocycles. The first-order valence-electron chi connectivity index (χ1n) is 14.9. The molecule has 1 unspecified atom stereocenters. The van der Waals surface area contributed by atoms with Crippen LogP contribution in [-0.2, 0) is 24.5 Å². The van der Waals surface area contributed by atoms with Crippen molar-refractivity contribution in [3.63, 3.8) is 0 Å². The Hall–Kier alpha value is -3.70. The molecule has 0 saturated carbocycles. The van der Waals surface area contributed by atoms with Crippen LogP contribution in [0.25, 0.3) is 11.0 Å². The summed E-state index contributed by atoms with van der Waals surface area (Å²) in [7, 11) is 2.75. The van der Waals surface area contributed by atoms with Crippen LogP contribution in [0, 0.1) is 17.2 Å². The molecule has 10 nitrogen and oxygen atoms in total. The van der Waals surface area contributed by atoms with E-state index in [0.29, 0.717) is 29.0 Å². The number of benzene rings is 2. The highest BCUT2D eigenvalue weighted by Crippen LogP contribution is 2.41. The highest BCUT2D eigenvalue weighted by Gasteiger charge is 2.41. The van der Waals surface area contributed by atoms with E-state index in [9.17, 15) is 14.4 Å². The average Bonchev–Trinajstić information content (AvgIpc) is 3.39. The van der Waals surface area contributed by atoms with Gasteiger partial charge in [-0.25, -0.2) is 14.2 Å². The van der Waals surface area contributed by atoms with E-state index in [4.69, 9.17) is 26.1 Å². The zero-order chi connectivity index (χ0) is 33.7. The summed E-state index contributed by atoms with van der Waals surface area (Å²) in [5, 5.41) is 8.80. The van der Waals surface area contributed by atoms with Crippen molar-refractivity contribution < 1.29 is 28.2 Å². The minimum Gasteiger partial charge on any atom is -0.453 e.